The number of halogens is 1. The standard InChI is InChI=1S/C15H16FN5/c16-14-8-7-13(11-5-1-2-6-12(11)14)15-18-19-20-21(15)10-4-3-9-17/h1-2,5-8H,3-4,9-10,17H2. The van der Waals surface area contributed by atoms with Crippen LogP contribution >= 0.6 is 0 Å². The lowest BCUT2D eigenvalue weighted by Gasteiger charge is -2.08. The van der Waals surface area contributed by atoms with Crippen LogP contribution in [0.25, 0.3) is 22.2 Å². The molecule has 2 N–H and O–H groups in total. The highest BCUT2D eigenvalue weighted by Gasteiger charge is 2.13. The number of aromatic nitrogens is 4. The minimum Gasteiger partial charge on any atom is -0.330 e. The van der Waals surface area contributed by atoms with Crippen molar-refractivity contribution >= 4 is 10.8 Å². The first-order valence-corrected chi connectivity index (χ1v) is 6.95. The SMILES string of the molecule is NCCCCn1nnnc1-c1ccc(F)c2ccccc12. The first kappa shape index (κ1) is 13.6. The van der Waals surface area contributed by atoms with Gasteiger partial charge in [0.25, 0.3) is 0 Å². The molecule has 0 radical (unpaired) electrons. The van der Waals surface area contributed by atoms with Crippen LogP contribution in [-0.2, 0) is 6.54 Å². The number of nitrogens with zero attached hydrogens (tertiary/aromatic N) is 4. The van der Waals surface area contributed by atoms with Gasteiger partial charge in [0.1, 0.15) is 5.82 Å². The van der Waals surface area contributed by atoms with E-state index >= 15 is 0 Å². The van der Waals surface area contributed by atoms with Gasteiger partial charge in [-0.25, -0.2) is 9.07 Å². The van der Waals surface area contributed by atoms with E-state index in [0.717, 1.165) is 23.8 Å². The zero-order valence-corrected chi connectivity index (χ0v) is 11.5. The molecule has 0 saturated carbocycles. The van der Waals surface area contributed by atoms with Crippen LogP contribution in [0.1, 0.15) is 12.8 Å². The van der Waals surface area contributed by atoms with Gasteiger partial charge in [0.05, 0.1) is 0 Å². The highest BCUT2D eigenvalue weighted by Crippen LogP contribution is 2.28. The Hall–Kier alpha value is -2.34. The van der Waals surface area contributed by atoms with E-state index in [1.54, 1.807) is 16.8 Å². The van der Waals surface area contributed by atoms with Gasteiger partial charge in [-0.1, -0.05) is 24.3 Å². The predicted molar refractivity (Wildman–Crippen MR) is 79.0 cm³/mol. The lowest BCUT2D eigenvalue weighted by Crippen LogP contribution is -2.06. The summed E-state index contributed by atoms with van der Waals surface area (Å²) in [5, 5.41) is 13.2. The lowest BCUT2D eigenvalue weighted by molar-refractivity contribution is 0.548. The number of aryl methyl sites for hydroxylation is 1. The van der Waals surface area contributed by atoms with Crippen molar-refractivity contribution in [2.75, 3.05) is 6.54 Å². The predicted octanol–water partition coefficient (Wildman–Crippen LogP) is 2.37. The van der Waals surface area contributed by atoms with Crippen LogP contribution in [-0.4, -0.2) is 26.8 Å². The number of rotatable bonds is 5. The molecule has 108 valence electrons. The molecule has 0 aliphatic rings. The Morgan fingerprint density at radius 3 is 2.67 bits per heavy atom. The van der Waals surface area contributed by atoms with Gasteiger partial charge in [-0.05, 0) is 47.3 Å². The normalized spacial score (nSPS) is 11.1. The molecule has 0 unspecified atom stereocenters. The van der Waals surface area contributed by atoms with Crippen LogP contribution in [0.15, 0.2) is 36.4 Å². The van der Waals surface area contributed by atoms with E-state index in [2.05, 4.69) is 15.5 Å². The summed E-state index contributed by atoms with van der Waals surface area (Å²) < 4.78 is 15.6. The summed E-state index contributed by atoms with van der Waals surface area (Å²) >= 11 is 0. The molecule has 5 nitrogen and oxygen atoms in total. The Labute approximate surface area is 121 Å². The first-order valence-electron chi connectivity index (χ1n) is 6.95. The van der Waals surface area contributed by atoms with E-state index in [0.29, 0.717) is 24.3 Å². The second kappa shape index (κ2) is 5.97. The minimum absolute atomic E-state index is 0.239. The molecular formula is C15H16FN5. The summed E-state index contributed by atoms with van der Waals surface area (Å²) in [5.74, 6) is 0.416. The fourth-order valence-electron chi connectivity index (χ4n) is 2.41. The first-order chi connectivity index (χ1) is 10.3. The third kappa shape index (κ3) is 2.62. The molecule has 3 aromatic rings. The van der Waals surface area contributed by atoms with E-state index in [9.17, 15) is 4.39 Å². The van der Waals surface area contributed by atoms with Gasteiger partial charge in [0, 0.05) is 17.5 Å². The van der Waals surface area contributed by atoms with Crippen molar-refractivity contribution in [1.82, 2.24) is 20.2 Å². The van der Waals surface area contributed by atoms with Crippen LogP contribution in [0.2, 0.25) is 0 Å². The van der Waals surface area contributed by atoms with Gasteiger partial charge in [-0.2, -0.15) is 0 Å². The monoisotopic (exact) mass is 285 g/mol. The lowest BCUT2D eigenvalue weighted by atomic mass is 10.0. The van der Waals surface area contributed by atoms with Gasteiger partial charge >= 0.3 is 0 Å². The number of tetrazole rings is 1. The molecule has 21 heavy (non-hydrogen) atoms. The number of unbranched alkanes of at least 4 members (excludes halogenated alkanes) is 1. The van der Waals surface area contributed by atoms with Crippen molar-refractivity contribution in [3.8, 4) is 11.4 Å². The summed E-state index contributed by atoms with van der Waals surface area (Å²) in [6.45, 7) is 1.35. The average Bonchev–Trinajstić information content (AvgIpc) is 2.97. The molecule has 1 heterocycles. The van der Waals surface area contributed by atoms with Crippen LogP contribution < -0.4 is 5.73 Å². The zero-order chi connectivity index (χ0) is 14.7. The summed E-state index contributed by atoms with van der Waals surface area (Å²) in [5.41, 5.74) is 6.34. The Morgan fingerprint density at radius 1 is 1.05 bits per heavy atom. The van der Waals surface area contributed by atoms with E-state index in [-0.39, 0.29) is 5.82 Å². The molecule has 0 saturated heterocycles. The molecule has 6 heteroatoms. The molecule has 0 aliphatic carbocycles. The fourth-order valence-corrected chi connectivity index (χ4v) is 2.41. The molecule has 3 rings (SSSR count). The topological polar surface area (TPSA) is 69.6 Å². The summed E-state index contributed by atoms with van der Waals surface area (Å²) in [4.78, 5) is 0. The summed E-state index contributed by atoms with van der Waals surface area (Å²) in [6.07, 6.45) is 1.83. The minimum atomic E-state index is -0.239. The number of fused-ring (bicyclic) bond motifs is 1. The van der Waals surface area contributed by atoms with Crippen molar-refractivity contribution in [2.45, 2.75) is 19.4 Å². The Kier molecular flexibility index (Phi) is 3.87. The van der Waals surface area contributed by atoms with E-state index in [4.69, 9.17) is 5.73 Å². The van der Waals surface area contributed by atoms with Crippen molar-refractivity contribution < 1.29 is 4.39 Å². The molecule has 0 atom stereocenters. The maximum atomic E-state index is 13.9. The maximum Gasteiger partial charge on any atom is 0.182 e. The third-order valence-corrected chi connectivity index (χ3v) is 3.47. The number of benzene rings is 2. The van der Waals surface area contributed by atoms with E-state index < -0.39 is 0 Å². The van der Waals surface area contributed by atoms with Crippen molar-refractivity contribution in [3.63, 3.8) is 0 Å². The average molecular weight is 285 g/mol. The van der Waals surface area contributed by atoms with Crippen molar-refractivity contribution in [3.05, 3.63) is 42.2 Å². The van der Waals surface area contributed by atoms with Crippen molar-refractivity contribution in [2.24, 2.45) is 5.73 Å². The van der Waals surface area contributed by atoms with Crippen LogP contribution in [0, 0.1) is 5.82 Å². The van der Waals surface area contributed by atoms with Gasteiger partial charge in [-0.3, -0.25) is 0 Å². The molecular weight excluding hydrogens is 269 g/mol. The highest BCUT2D eigenvalue weighted by molar-refractivity contribution is 5.95. The van der Waals surface area contributed by atoms with Crippen molar-refractivity contribution in [1.29, 1.82) is 0 Å². The van der Waals surface area contributed by atoms with Crippen LogP contribution in [0.5, 0.6) is 0 Å². The third-order valence-electron chi connectivity index (χ3n) is 3.47. The fraction of sp³-hybridized carbons (Fsp3) is 0.267. The quantitative estimate of drug-likeness (QED) is 0.731. The van der Waals surface area contributed by atoms with E-state index in [1.165, 1.54) is 6.07 Å². The molecule has 1 aromatic heterocycles. The van der Waals surface area contributed by atoms with Gasteiger partial charge in [0.15, 0.2) is 5.82 Å². The number of hydrogen-bond acceptors (Lipinski definition) is 4. The van der Waals surface area contributed by atoms with Gasteiger partial charge in [-0.15, -0.1) is 5.10 Å². The molecule has 0 fully saturated rings. The second-order valence-electron chi connectivity index (χ2n) is 4.86. The Balaban J connectivity index is 2.05. The Morgan fingerprint density at radius 2 is 1.86 bits per heavy atom. The van der Waals surface area contributed by atoms with Gasteiger partial charge in [0.2, 0.25) is 0 Å². The number of hydrogen-bond donors (Lipinski definition) is 1. The maximum absolute atomic E-state index is 13.9. The second-order valence-corrected chi connectivity index (χ2v) is 4.86. The largest absolute Gasteiger partial charge is 0.330 e. The van der Waals surface area contributed by atoms with Gasteiger partial charge < -0.3 is 5.73 Å². The van der Waals surface area contributed by atoms with Crippen LogP contribution in [0.4, 0.5) is 4.39 Å². The molecule has 0 aliphatic heterocycles. The summed E-state index contributed by atoms with van der Waals surface area (Å²) in [7, 11) is 0. The number of nitrogens with two attached hydrogens (primary N) is 1. The summed E-state index contributed by atoms with van der Waals surface area (Å²) in [6, 6.07) is 10.5. The Bertz CT molecular complexity index is 753. The zero-order valence-electron chi connectivity index (χ0n) is 11.5. The van der Waals surface area contributed by atoms with E-state index in [1.807, 2.05) is 18.2 Å². The smallest absolute Gasteiger partial charge is 0.182 e. The molecule has 2 aromatic carbocycles. The van der Waals surface area contributed by atoms with Crippen LogP contribution in [0.3, 0.4) is 0 Å². The molecule has 0 spiro atoms. The highest BCUT2D eigenvalue weighted by atomic mass is 19.1. The molecule has 0 bridgehead atoms. The molecule has 0 amide bonds.